The first-order valence-corrected chi connectivity index (χ1v) is 10.3. The number of anilines is 2. The van der Waals surface area contributed by atoms with Gasteiger partial charge in [0.05, 0.1) is 11.2 Å². The van der Waals surface area contributed by atoms with Gasteiger partial charge in [0, 0.05) is 11.6 Å². The molecule has 2 heterocycles. The molecule has 4 N–H and O–H groups in total. The molecule has 0 radical (unpaired) electrons. The Morgan fingerprint density at radius 2 is 1.81 bits per heavy atom. The highest BCUT2D eigenvalue weighted by Crippen LogP contribution is 2.35. The first-order chi connectivity index (χ1) is 14.5. The number of aliphatic hydroxyl groups is 1. The van der Waals surface area contributed by atoms with E-state index in [1.807, 2.05) is 13.8 Å². The number of hydrogen-bond donors (Lipinski definition) is 3. The van der Waals surface area contributed by atoms with Crippen LogP contribution in [0, 0.1) is 5.92 Å². The summed E-state index contributed by atoms with van der Waals surface area (Å²) in [4.78, 5) is 4.25. The van der Waals surface area contributed by atoms with Crippen LogP contribution >= 0.6 is 0 Å². The van der Waals surface area contributed by atoms with Gasteiger partial charge in [-0.3, -0.25) is 0 Å². The van der Waals surface area contributed by atoms with Crippen LogP contribution in [0.3, 0.4) is 0 Å². The maximum atomic E-state index is 13.2. The van der Waals surface area contributed by atoms with Gasteiger partial charge in [0.1, 0.15) is 11.5 Å². The Kier molecular flexibility index (Phi) is 5.33. The minimum atomic E-state index is -4.45. The van der Waals surface area contributed by atoms with Gasteiger partial charge < -0.3 is 16.2 Å². The predicted octanol–water partition coefficient (Wildman–Crippen LogP) is 4.74. The van der Waals surface area contributed by atoms with Crippen LogP contribution in [0.4, 0.5) is 24.8 Å². The molecule has 2 aromatic heterocycles. The average Bonchev–Trinajstić information content (AvgIpc) is 3.02. The van der Waals surface area contributed by atoms with Crippen molar-refractivity contribution in [3.63, 3.8) is 0 Å². The van der Waals surface area contributed by atoms with E-state index in [0.29, 0.717) is 22.7 Å². The van der Waals surface area contributed by atoms with E-state index in [1.54, 1.807) is 18.2 Å². The van der Waals surface area contributed by atoms with Crippen LogP contribution < -0.4 is 11.1 Å². The van der Waals surface area contributed by atoms with Gasteiger partial charge in [0.2, 0.25) is 0 Å². The highest BCUT2D eigenvalue weighted by molar-refractivity contribution is 5.75. The third kappa shape index (κ3) is 4.46. The molecule has 166 valence electrons. The van der Waals surface area contributed by atoms with Crippen LogP contribution in [0.5, 0.6) is 0 Å². The number of aromatic nitrogens is 3. The van der Waals surface area contributed by atoms with Crippen molar-refractivity contribution in [3.05, 3.63) is 42.0 Å². The Balaban J connectivity index is 1.60. The lowest BCUT2D eigenvalue weighted by Crippen LogP contribution is -2.37. The molecule has 1 aromatic carbocycles. The van der Waals surface area contributed by atoms with Crippen molar-refractivity contribution in [2.45, 2.75) is 57.3 Å². The summed E-state index contributed by atoms with van der Waals surface area (Å²) in [7, 11) is 0. The fourth-order valence-corrected chi connectivity index (χ4v) is 4.29. The molecule has 31 heavy (non-hydrogen) atoms. The number of rotatable bonds is 4. The minimum absolute atomic E-state index is 0.120. The third-order valence-electron chi connectivity index (χ3n) is 6.05. The Labute approximate surface area is 178 Å². The van der Waals surface area contributed by atoms with Crippen molar-refractivity contribution in [2.24, 2.45) is 5.92 Å². The molecule has 6 nitrogen and oxygen atoms in total. The highest BCUT2D eigenvalue weighted by atomic mass is 19.4. The lowest BCUT2D eigenvalue weighted by Gasteiger charge is -2.36. The van der Waals surface area contributed by atoms with Gasteiger partial charge in [-0.05, 0) is 69.7 Å². The molecule has 0 aliphatic heterocycles. The van der Waals surface area contributed by atoms with E-state index in [1.165, 1.54) is 10.6 Å². The van der Waals surface area contributed by atoms with E-state index in [2.05, 4.69) is 15.4 Å². The zero-order chi connectivity index (χ0) is 22.4. The average molecular weight is 433 g/mol. The van der Waals surface area contributed by atoms with Crippen molar-refractivity contribution < 1.29 is 18.3 Å². The molecule has 0 amide bonds. The van der Waals surface area contributed by atoms with Crippen LogP contribution in [0.2, 0.25) is 0 Å². The van der Waals surface area contributed by atoms with E-state index in [9.17, 15) is 18.3 Å². The monoisotopic (exact) mass is 433 g/mol. The Bertz CT molecular complexity index is 1080. The maximum absolute atomic E-state index is 13.2. The van der Waals surface area contributed by atoms with Gasteiger partial charge in [-0.2, -0.15) is 13.2 Å². The van der Waals surface area contributed by atoms with Crippen LogP contribution in [0.25, 0.3) is 16.9 Å². The SMILES string of the molecule is CC(C)(O)[C@H]1CC[C@H](Nc2ccc3nc(N)c(-c4cccc(C(F)(F)F)c4)n3n2)CC1. The van der Waals surface area contributed by atoms with Gasteiger partial charge >= 0.3 is 6.18 Å². The van der Waals surface area contributed by atoms with Gasteiger partial charge in [0.25, 0.3) is 0 Å². The minimum Gasteiger partial charge on any atom is -0.390 e. The number of nitrogen functional groups attached to an aromatic ring is 1. The van der Waals surface area contributed by atoms with E-state index in [-0.39, 0.29) is 17.8 Å². The Morgan fingerprint density at radius 3 is 2.45 bits per heavy atom. The summed E-state index contributed by atoms with van der Waals surface area (Å²) < 4.78 is 40.9. The van der Waals surface area contributed by atoms with Crippen LogP contribution in [-0.4, -0.2) is 31.3 Å². The van der Waals surface area contributed by atoms with Crippen molar-refractivity contribution >= 4 is 17.3 Å². The number of halogens is 3. The number of nitrogens with zero attached hydrogens (tertiary/aromatic N) is 3. The maximum Gasteiger partial charge on any atom is 0.416 e. The van der Waals surface area contributed by atoms with E-state index < -0.39 is 17.3 Å². The standard InChI is InChI=1S/C22H26F3N5O/c1-21(2,31)14-6-8-16(9-7-14)27-17-10-11-18-28-20(26)19(30(18)29-17)13-4-3-5-15(12-13)22(23,24)25/h3-5,10-12,14,16,31H,6-9,26H2,1-2H3,(H,27,29)/t14-,16-. The number of nitrogens with one attached hydrogen (secondary N) is 1. The first-order valence-electron chi connectivity index (χ1n) is 10.3. The second-order valence-electron chi connectivity index (χ2n) is 8.76. The largest absolute Gasteiger partial charge is 0.416 e. The van der Waals surface area contributed by atoms with Crippen molar-refractivity contribution in [1.82, 2.24) is 14.6 Å². The molecule has 1 aliphatic rings. The molecule has 0 saturated heterocycles. The second-order valence-corrected chi connectivity index (χ2v) is 8.76. The van der Waals surface area contributed by atoms with Crippen molar-refractivity contribution in [2.75, 3.05) is 11.1 Å². The summed E-state index contributed by atoms with van der Waals surface area (Å²) in [6, 6.07) is 8.73. The van der Waals surface area contributed by atoms with Crippen LogP contribution in [0.1, 0.15) is 45.1 Å². The van der Waals surface area contributed by atoms with Gasteiger partial charge in [0.15, 0.2) is 11.5 Å². The number of nitrogens with two attached hydrogens (primary N) is 1. The zero-order valence-electron chi connectivity index (χ0n) is 17.4. The van der Waals surface area contributed by atoms with Crippen LogP contribution in [0.15, 0.2) is 36.4 Å². The van der Waals surface area contributed by atoms with Gasteiger partial charge in [-0.15, -0.1) is 5.10 Å². The number of alkyl halides is 3. The highest BCUT2D eigenvalue weighted by Gasteiger charge is 2.32. The Hall–Kier alpha value is -2.81. The molecule has 4 rings (SSSR count). The molecule has 0 unspecified atom stereocenters. The fraction of sp³-hybridized carbons (Fsp3) is 0.455. The molecule has 0 bridgehead atoms. The summed E-state index contributed by atoms with van der Waals surface area (Å²) in [6.45, 7) is 3.69. The first kappa shape index (κ1) is 21.4. The quantitative estimate of drug-likeness (QED) is 0.553. The molecular weight excluding hydrogens is 407 g/mol. The number of benzene rings is 1. The topological polar surface area (TPSA) is 88.5 Å². The van der Waals surface area contributed by atoms with Crippen molar-refractivity contribution in [3.8, 4) is 11.3 Å². The molecule has 3 aromatic rings. The van der Waals surface area contributed by atoms with Crippen LogP contribution in [-0.2, 0) is 6.18 Å². The molecule has 9 heteroatoms. The van der Waals surface area contributed by atoms with E-state index >= 15 is 0 Å². The summed E-state index contributed by atoms with van der Waals surface area (Å²) in [5.74, 6) is 0.987. The molecule has 1 aliphatic carbocycles. The number of fused-ring (bicyclic) bond motifs is 1. The molecule has 1 saturated carbocycles. The Morgan fingerprint density at radius 1 is 1.10 bits per heavy atom. The van der Waals surface area contributed by atoms with E-state index in [0.717, 1.165) is 37.8 Å². The van der Waals surface area contributed by atoms with Gasteiger partial charge in [-0.1, -0.05) is 12.1 Å². The second kappa shape index (κ2) is 7.71. The number of hydrogen-bond acceptors (Lipinski definition) is 5. The lowest BCUT2D eigenvalue weighted by molar-refractivity contribution is -0.137. The molecule has 0 spiro atoms. The normalized spacial score (nSPS) is 20.2. The zero-order valence-corrected chi connectivity index (χ0v) is 17.4. The molecular formula is C22H26F3N5O. The molecule has 0 atom stereocenters. The third-order valence-corrected chi connectivity index (χ3v) is 6.05. The molecule has 1 fully saturated rings. The fourth-order valence-electron chi connectivity index (χ4n) is 4.29. The lowest BCUT2D eigenvalue weighted by atomic mass is 9.77. The predicted molar refractivity (Wildman–Crippen MR) is 114 cm³/mol. The summed E-state index contributed by atoms with van der Waals surface area (Å²) >= 11 is 0. The van der Waals surface area contributed by atoms with Gasteiger partial charge in [-0.25, -0.2) is 9.50 Å². The summed E-state index contributed by atoms with van der Waals surface area (Å²) in [5.41, 5.74) is 5.69. The summed E-state index contributed by atoms with van der Waals surface area (Å²) in [6.07, 6.45) is -0.816. The smallest absolute Gasteiger partial charge is 0.390 e. The summed E-state index contributed by atoms with van der Waals surface area (Å²) in [5, 5.41) is 18.2. The number of imidazole rings is 1. The van der Waals surface area contributed by atoms with E-state index in [4.69, 9.17) is 5.73 Å². The van der Waals surface area contributed by atoms with Crippen molar-refractivity contribution in [1.29, 1.82) is 0 Å².